The molecule has 0 spiro atoms. The van der Waals surface area contributed by atoms with Gasteiger partial charge in [-0.25, -0.2) is 0 Å². The van der Waals surface area contributed by atoms with Crippen molar-refractivity contribution in [3.05, 3.63) is 67.5 Å². The van der Waals surface area contributed by atoms with Crippen LogP contribution >= 0.6 is 22.7 Å². The van der Waals surface area contributed by atoms with Crippen LogP contribution in [-0.4, -0.2) is 73.7 Å². The minimum atomic E-state index is -0.497. The maximum atomic E-state index is 13.2. The Morgan fingerprint density at radius 1 is 0.627 bits per heavy atom. The molecule has 11 heteroatoms. The predicted octanol–water partition coefficient (Wildman–Crippen LogP) is 8.22. The van der Waals surface area contributed by atoms with Crippen molar-refractivity contribution in [2.75, 3.05) is 50.1 Å². The average molecular weight is 730 g/mol. The number of hydrogen-bond acceptors (Lipinski definition) is 9. The number of anilines is 2. The summed E-state index contributed by atoms with van der Waals surface area (Å²) < 4.78 is 0. The van der Waals surface area contributed by atoms with Gasteiger partial charge in [0.2, 0.25) is 0 Å². The zero-order valence-corrected chi connectivity index (χ0v) is 32.8. The van der Waals surface area contributed by atoms with Crippen LogP contribution < -0.4 is 9.80 Å². The maximum Gasteiger partial charge on any atom is 0.271 e. The third kappa shape index (κ3) is 9.35. The fourth-order valence-electron chi connectivity index (χ4n) is 6.11. The van der Waals surface area contributed by atoms with Gasteiger partial charge in [0, 0.05) is 66.7 Å². The lowest BCUT2D eigenvalue weighted by atomic mass is 9.94. The number of nitrogens with zero attached hydrogens (tertiary/aromatic N) is 5. The highest BCUT2D eigenvalue weighted by molar-refractivity contribution is 7.17. The molecule has 272 valence electrons. The second kappa shape index (κ2) is 18.3. The highest BCUT2D eigenvalue weighted by Crippen LogP contribution is 2.33. The molecule has 0 N–H and O–H groups in total. The van der Waals surface area contributed by atoms with Crippen LogP contribution in [0.2, 0.25) is 0 Å². The smallest absolute Gasteiger partial charge is 0.271 e. The van der Waals surface area contributed by atoms with Gasteiger partial charge in [0.25, 0.3) is 23.6 Å². The molecule has 0 unspecified atom stereocenters. The summed E-state index contributed by atoms with van der Waals surface area (Å²) in [5.74, 6) is -1.21. The number of thiophene rings is 2. The van der Waals surface area contributed by atoms with E-state index >= 15 is 0 Å². The van der Waals surface area contributed by atoms with Crippen LogP contribution in [0.25, 0.3) is 12.2 Å². The van der Waals surface area contributed by atoms with Crippen LogP contribution in [0.3, 0.4) is 0 Å². The number of imide groups is 2. The first kappa shape index (κ1) is 39.5. The summed E-state index contributed by atoms with van der Waals surface area (Å²) in [4.78, 5) is 60.9. The van der Waals surface area contributed by atoms with E-state index in [4.69, 9.17) is 0 Å². The van der Waals surface area contributed by atoms with Crippen molar-refractivity contribution < 1.29 is 19.2 Å². The van der Waals surface area contributed by atoms with Gasteiger partial charge in [-0.05, 0) is 94.0 Å². The predicted molar refractivity (Wildman–Crippen MR) is 210 cm³/mol. The van der Waals surface area contributed by atoms with Gasteiger partial charge < -0.3 is 9.80 Å². The maximum absolute atomic E-state index is 13.2. The average Bonchev–Trinajstić information content (AvgIpc) is 3.79. The molecule has 9 nitrogen and oxygen atoms in total. The van der Waals surface area contributed by atoms with E-state index in [1.165, 1.54) is 9.80 Å². The first-order valence-electron chi connectivity index (χ1n) is 18.0. The fourth-order valence-corrected chi connectivity index (χ4v) is 7.98. The summed E-state index contributed by atoms with van der Waals surface area (Å²) in [5.41, 5.74) is 2.89. The van der Waals surface area contributed by atoms with Gasteiger partial charge in [0.05, 0.1) is 10.0 Å². The summed E-state index contributed by atoms with van der Waals surface area (Å²) in [5, 5.41) is 11.9. The molecule has 2 aromatic rings. The minimum Gasteiger partial charge on any atom is -0.367 e. The van der Waals surface area contributed by atoms with Gasteiger partial charge in [-0.15, -0.1) is 22.7 Å². The Labute approximate surface area is 311 Å². The summed E-state index contributed by atoms with van der Waals surface area (Å²) in [6.45, 7) is 12.0. The number of nitriles is 1. The topological polar surface area (TPSA) is 105 Å². The van der Waals surface area contributed by atoms with Crippen LogP contribution in [0.5, 0.6) is 0 Å². The van der Waals surface area contributed by atoms with E-state index in [0.29, 0.717) is 41.8 Å². The normalized spacial score (nSPS) is 17.1. The SMILES string of the molecule is CCCCN1C(=O)C(C)=C(C)/C(=C\c2ccc(N(C)CCCCCCN(C)c3ccc(/C=C4/C(=O)N(CCCC)C(=O)C(C#N)=C4C)s3)s2)C1=O. The van der Waals surface area contributed by atoms with Gasteiger partial charge in [0.1, 0.15) is 11.6 Å². The highest BCUT2D eigenvalue weighted by Gasteiger charge is 2.35. The Morgan fingerprint density at radius 2 is 1.08 bits per heavy atom. The van der Waals surface area contributed by atoms with Crippen molar-refractivity contribution in [3.8, 4) is 6.07 Å². The zero-order valence-electron chi connectivity index (χ0n) is 31.1. The molecule has 51 heavy (non-hydrogen) atoms. The number of carbonyl (C=O) groups is 4. The van der Waals surface area contributed by atoms with E-state index in [1.54, 1.807) is 36.5 Å². The Bertz CT molecular complexity index is 1800. The second-order valence-corrected chi connectivity index (χ2v) is 15.5. The molecular weight excluding hydrogens is 679 g/mol. The van der Waals surface area contributed by atoms with Crippen LogP contribution in [0.4, 0.5) is 10.0 Å². The van der Waals surface area contributed by atoms with Crippen molar-refractivity contribution in [1.29, 1.82) is 5.26 Å². The lowest BCUT2D eigenvalue weighted by molar-refractivity contribution is -0.142. The van der Waals surface area contributed by atoms with E-state index < -0.39 is 5.91 Å². The van der Waals surface area contributed by atoms with Crippen LogP contribution in [-0.2, 0) is 19.2 Å². The number of amides is 4. The fraction of sp³-hybridized carbons (Fsp3) is 0.475. The molecular formula is C40H51N5O4S2. The molecule has 2 aliphatic rings. The molecule has 4 amide bonds. The molecule has 0 atom stereocenters. The third-order valence-corrected chi connectivity index (χ3v) is 11.9. The van der Waals surface area contributed by atoms with Gasteiger partial charge in [-0.2, -0.15) is 5.26 Å². The van der Waals surface area contributed by atoms with E-state index in [1.807, 2.05) is 44.2 Å². The van der Waals surface area contributed by atoms with E-state index in [0.717, 1.165) is 83.4 Å². The monoisotopic (exact) mass is 729 g/mol. The number of unbranched alkanes of at least 4 members (excludes halogenated alkanes) is 5. The first-order valence-corrected chi connectivity index (χ1v) is 19.6. The van der Waals surface area contributed by atoms with Crippen molar-refractivity contribution in [3.63, 3.8) is 0 Å². The first-order chi connectivity index (χ1) is 24.4. The Hall–Kier alpha value is -4.27. The van der Waals surface area contributed by atoms with E-state index in [2.05, 4.69) is 43.0 Å². The molecule has 0 saturated heterocycles. The molecule has 0 aromatic carbocycles. The summed E-state index contributed by atoms with van der Waals surface area (Å²) in [6.07, 6.45) is 11.4. The zero-order chi connectivity index (χ0) is 37.2. The standard InChI is InChI=1S/C40H51N5O4S2/c1-8-10-22-44-37(46)28(4)27(3)32(38(44)47)24-30-16-18-35(50-30)42(6)20-14-12-13-15-21-43(7)36-19-17-31(51-36)25-33-29(5)34(26-41)40(49)45(39(33)48)23-11-9-2/h16-19,24-25H,8-15,20-23H2,1-7H3/b32-24+,33-25+. The third-order valence-electron chi connectivity index (χ3n) is 9.59. The minimum absolute atomic E-state index is 0.0406. The van der Waals surface area contributed by atoms with Crippen molar-refractivity contribution in [2.45, 2.75) is 86.0 Å². The summed E-state index contributed by atoms with van der Waals surface area (Å²) >= 11 is 3.25. The van der Waals surface area contributed by atoms with Gasteiger partial charge in [-0.1, -0.05) is 39.5 Å². The lowest BCUT2D eigenvalue weighted by Crippen LogP contribution is -2.43. The molecule has 0 radical (unpaired) electrons. The molecule has 4 heterocycles. The number of hydrogen-bond donors (Lipinski definition) is 0. The van der Waals surface area contributed by atoms with Gasteiger partial charge in [-0.3, -0.25) is 29.0 Å². The molecule has 0 saturated carbocycles. The molecule has 4 rings (SSSR count). The van der Waals surface area contributed by atoms with Crippen molar-refractivity contribution in [2.24, 2.45) is 0 Å². The lowest BCUT2D eigenvalue weighted by Gasteiger charge is -2.28. The van der Waals surface area contributed by atoms with E-state index in [-0.39, 0.29) is 23.3 Å². The molecule has 0 fully saturated rings. The second-order valence-electron chi connectivity index (χ2n) is 13.3. The summed E-state index contributed by atoms with van der Waals surface area (Å²) in [7, 11) is 4.18. The molecule has 0 aliphatic carbocycles. The molecule has 0 bridgehead atoms. The quantitative estimate of drug-likeness (QED) is 0.0918. The molecule has 2 aromatic heterocycles. The largest absolute Gasteiger partial charge is 0.367 e. The van der Waals surface area contributed by atoms with Gasteiger partial charge in [0.15, 0.2) is 0 Å². The van der Waals surface area contributed by atoms with E-state index in [9.17, 15) is 24.4 Å². The van der Waals surface area contributed by atoms with Crippen LogP contribution in [0.15, 0.2) is 57.7 Å². The van der Waals surface area contributed by atoms with Crippen molar-refractivity contribution >= 4 is 68.5 Å². The summed E-state index contributed by atoms with van der Waals surface area (Å²) in [6, 6.07) is 10.2. The highest BCUT2D eigenvalue weighted by atomic mass is 32.1. The van der Waals surface area contributed by atoms with Crippen LogP contribution in [0, 0.1) is 11.3 Å². The Kier molecular flexibility index (Phi) is 14.2. The van der Waals surface area contributed by atoms with Crippen molar-refractivity contribution in [1.82, 2.24) is 9.80 Å². The number of rotatable bonds is 17. The molecule has 2 aliphatic heterocycles. The number of carbonyl (C=O) groups excluding carboxylic acids is 4. The Morgan fingerprint density at radius 3 is 1.53 bits per heavy atom. The van der Waals surface area contributed by atoms with Gasteiger partial charge >= 0.3 is 0 Å². The van der Waals surface area contributed by atoms with Crippen LogP contribution in [0.1, 0.15) is 95.7 Å². The Balaban J connectivity index is 1.26.